The Morgan fingerprint density at radius 2 is 1.40 bits per heavy atom. The summed E-state index contributed by atoms with van der Waals surface area (Å²) in [7, 11) is 1.65. The van der Waals surface area contributed by atoms with E-state index in [0.717, 1.165) is 0 Å². The van der Waals surface area contributed by atoms with Gasteiger partial charge in [-0.3, -0.25) is 4.79 Å². The summed E-state index contributed by atoms with van der Waals surface area (Å²) in [5, 5.41) is 0. The van der Waals surface area contributed by atoms with E-state index in [4.69, 9.17) is 4.74 Å². The van der Waals surface area contributed by atoms with Crippen molar-refractivity contribution in [1.29, 1.82) is 0 Å². The quantitative estimate of drug-likeness (QED) is 0.720. The first-order valence-electron chi connectivity index (χ1n) is 5.50. The van der Waals surface area contributed by atoms with Gasteiger partial charge in [0.2, 0.25) is 0 Å². The Hall–Kier alpha value is -0.370. The number of ether oxygens (including phenoxy) is 1. The highest BCUT2D eigenvalue weighted by Crippen LogP contribution is 2.43. The van der Waals surface area contributed by atoms with Gasteiger partial charge in [0.1, 0.15) is 5.78 Å². The number of methoxy groups -OCH3 is 1. The fourth-order valence-corrected chi connectivity index (χ4v) is 1.74. The predicted octanol–water partition coefficient (Wildman–Crippen LogP) is 3.30. The maximum Gasteiger partial charge on any atom is 0.146 e. The lowest BCUT2D eigenvalue weighted by Gasteiger charge is -2.43. The van der Waals surface area contributed by atoms with Crippen LogP contribution < -0.4 is 0 Å². The minimum absolute atomic E-state index is 0.0899. The summed E-state index contributed by atoms with van der Waals surface area (Å²) in [5.41, 5.74) is -0.839. The minimum atomic E-state index is -0.431. The van der Waals surface area contributed by atoms with Gasteiger partial charge < -0.3 is 4.74 Å². The third-order valence-electron chi connectivity index (χ3n) is 3.27. The Morgan fingerprint density at radius 3 is 1.60 bits per heavy atom. The molecule has 90 valence electrons. The second kappa shape index (κ2) is 4.25. The second-order valence-corrected chi connectivity index (χ2v) is 6.59. The van der Waals surface area contributed by atoms with E-state index in [-0.39, 0.29) is 16.6 Å². The van der Waals surface area contributed by atoms with Crippen LogP contribution in [0.2, 0.25) is 0 Å². The number of rotatable bonds is 3. The Morgan fingerprint density at radius 1 is 1.00 bits per heavy atom. The molecule has 2 nitrogen and oxygen atoms in total. The average Bonchev–Trinajstić information content (AvgIpc) is 1.99. The summed E-state index contributed by atoms with van der Waals surface area (Å²) in [6, 6.07) is 0. The van der Waals surface area contributed by atoms with Crippen molar-refractivity contribution in [1.82, 2.24) is 0 Å². The Balaban J connectivity index is 5.23. The molecule has 0 heterocycles. The number of carbonyl (C=O) groups is 1. The van der Waals surface area contributed by atoms with Crippen LogP contribution in [0.1, 0.15) is 48.5 Å². The highest BCUT2D eigenvalue weighted by molar-refractivity contribution is 5.89. The SMILES string of the molecule is COC[C@](C)(C(=O)C(C)(C)C)C(C)(C)C. The molecule has 1 atom stereocenters. The summed E-state index contributed by atoms with van der Waals surface area (Å²) < 4.78 is 5.23. The lowest BCUT2D eigenvalue weighted by Crippen LogP contribution is -2.48. The van der Waals surface area contributed by atoms with E-state index >= 15 is 0 Å². The summed E-state index contributed by atoms with van der Waals surface area (Å²) in [6.07, 6.45) is 0. The molecule has 0 spiro atoms. The maximum absolute atomic E-state index is 12.4. The first-order chi connectivity index (χ1) is 6.47. The van der Waals surface area contributed by atoms with Gasteiger partial charge in [-0.25, -0.2) is 0 Å². The van der Waals surface area contributed by atoms with Crippen molar-refractivity contribution in [2.24, 2.45) is 16.2 Å². The van der Waals surface area contributed by atoms with Crippen molar-refractivity contribution in [2.45, 2.75) is 48.5 Å². The van der Waals surface area contributed by atoms with Crippen LogP contribution in [0.15, 0.2) is 0 Å². The third-order valence-corrected chi connectivity index (χ3v) is 3.27. The van der Waals surface area contributed by atoms with Gasteiger partial charge in [-0.2, -0.15) is 0 Å². The molecule has 0 amide bonds. The largest absolute Gasteiger partial charge is 0.384 e. The fourth-order valence-electron chi connectivity index (χ4n) is 1.74. The summed E-state index contributed by atoms with van der Waals surface area (Å²) in [5.74, 6) is 0.268. The van der Waals surface area contributed by atoms with Crippen LogP contribution in [0.4, 0.5) is 0 Å². The number of hydrogen-bond donors (Lipinski definition) is 0. The Kier molecular flexibility index (Phi) is 4.14. The number of Topliss-reactive ketones (excluding diaryl/α,β-unsaturated/α-hetero) is 1. The fraction of sp³-hybridized carbons (Fsp3) is 0.923. The van der Waals surface area contributed by atoms with E-state index in [0.29, 0.717) is 6.61 Å². The Labute approximate surface area is 94.4 Å². The second-order valence-electron chi connectivity index (χ2n) is 6.59. The van der Waals surface area contributed by atoms with E-state index in [1.807, 2.05) is 27.7 Å². The molecule has 0 aliphatic rings. The molecule has 0 aliphatic carbocycles. The van der Waals surface area contributed by atoms with E-state index in [1.54, 1.807) is 7.11 Å². The van der Waals surface area contributed by atoms with Crippen molar-refractivity contribution in [3.63, 3.8) is 0 Å². The van der Waals surface area contributed by atoms with Gasteiger partial charge in [-0.15, -0.1) is 0 Å². The average molecular weight is 214 g/mol. The zero-order valence-corrected chi connectivity index (χ0v) is 11.5. The van der Waals surface area contributed by atoms with Gasteiger partial charge in [0.25, 0.3) is 0 Å². The number of ketones is 1. The molecule has 0 fully saturated rings. The topological polar surface area (TPSA) is 26.3 Å². The number of hydrogen-bond acceptors (Lipinski definition) is 2. The van der Waals surface area contributed by atoms with Gasteiger partial charge in [0.15, 0.2) is 0 Å². The van der Waals surface area contributed by atoms with Crippen molar-refractivity contribution in [2.75, 3.05) is 13.7 Å². The zero-order chi connectivity index (χ0) is 12.5. The molecule has 0 unspecified atom stereocenters. The smallest absolute Gasteiger partial charge is 0.146 e. The first-order valence-corrected chi connectivity index (χ1v) is 5.50. The van der Waals surface area contributed by atoms with Gasteiger partial charge in [-0.1, -0.05) is 41.5 Å². The van der Waals surface area contributed by atoms with Crippen molar-refractivity contribution in [3.05, 3.63) is 0 Å². The van der Waals surface area contributed by atoms with Gasteiger partial charge in [0, 0.05) is 12.5 Å². The molecule has 0 N–H and O–H groups in total. The van der Waals surface area contributed by atoms with Gasteiger partial charge >= 0.3 is 0 Å². The molecule has 0 saturated carbocycles. The zero-order valence-electron chi connectivity index (χ0n) is 11.5. The van der Waals surface area contributed by atoms with Gasteiger partial charge in [0.05, 0.1) is 12.0 Å². The van der Waals surface area contributed by atoms with Crippen LogP contribution in [0.3, 0.4) is 0 Å². The molecular weight excluding hydrogens is 188 g/mol. The first kappa shape index (κ1) is 14.6. The summed E-state index contributed by atoms with van der Waals surface area (Å²) in [6.45, 7) is 14.7. The molecule has 0 radical (unpaired) electrons. The monoisotopic (exact) mass is 214 g/mol. The summed E-state index contributed by atoms with van der Waals surface area (Å²) in [4.78, 5) is 12.4. The molecule has 0 saturated heterocycles. The van der Waals surface area contributed by atoms with Crippen molar-refractivity contribution < 1.29 is 9.53 Å². The van der Waals surface area contributed by atoms with Crippen LogP contribution in [0.25, 0.3) is 0 Å². The highest BCUT2D eigenvalue weighted by atomic mass is 16.5. The van der Waals surface area contributed by atoms with Crippen LogP contribution in [0.5, 0.6) is 0 Å². The van der Waals surface area contributed by atoms with Crippen LogP contribution in [-0.4, -0.2) is 19.5 Å². The highest BCUT2D eigenvalue weighted by Gasteiger charge is 2.47. The number of carbonyl (C=O) groups excluding carboxylic acids is 1. The van der Waals surface area contributed by atoms with E-state index in [9.17, 15) is 4.79 Å². The molecular formula is C13H26O2. The molecule has 0 aromatic rings. The molecule has 0 rings (SSSR count). The van der Waals surface area contributed by atoms with Crippen molar-refractivity contribution >= 4 is 5.78 Å². The van der Waals surface area contributed by atoms with E-state index in [1.165, 1.54) is 0 Å². The van der Waals surface area contributed by atoms with Crippen LogP contribution >= 0.6 is 0 Å². The standard InChI is InChI=1S/C13H26O2/c1-11(2,3)10(14)13(7,9-15-8)12(4,5)6/h9H2,1-8H3/t13-/m1/s1. The Bertz CT molecular complexity index is 230. The maximum atomic E-state index is 12.4. The molecule has 0 aromatic heterocycles. The normalized spacial score (nSPS) is 17.3. The van der Waals surface area contributed by atoms with E-state index in [2.05, 4.69) is 20.8 Å². The lowest BCUT2D eigenvalue weighted by atomic mass is 9.61. The molecule has 0 bridgehead atoms. The van der Waals surface area contributed by atoms with Crippen LogP contribution in [-0.2, 0) is 9.53 Å². The predicted molar refractivity (Wildman–Crippen MR) is 63.9 cm³/mol. The molecule has 0 aliphatic heterocycles. The van der Waals surface area contributed by atoms with Crippen molar-refractivity contribution in [3.8, 4) is 0 Å². The lowest BCUT2D eigenvalue weighted by molar-refractivity contribution is -0.146. The van der Waals surface area contributed by atoms with Gasteiger partial charge in [-0.05, 0) is 12.3 Å². The molecule has 2 heteroatoms. The minimum Gasteiger partial charge on any atom is -0.384 e. The van der Waals surface area contributed by atoms with E-state index < -0.39 is 5.41 Å². The molecule has 0 aromatic carbocycles. The summed E-state index contributed by atoms with van der Waals surface area (Å²) >= 11 is 0. The molecule has 15 heavy (non-hydrogen) atoms. The van der Waals surface area contributed by atoms with Crippen LogP contribution in [0, 0.1) is 16.2 Å². The third kappa shape index (κ3) is 3.04.